The van der Waals surface area contributed by atoms with E-state index in [0.29, 0.717) is 35.4 Å². The minimum absolute atomic E-state index is 0.221. The van der Waals surface area contributed by atoms with Crippen LogP contribution in [0.3, 0.4) is 0 Å². The number of piperidine rings is 2. The molecule has 0 unspecified atom stereocenters. The van der Waals surface area contributed by atoms with Gasteiger partial charge in [-0.25, -0.2) is 9.59 Å². The van der Waals surface area contributed by atoms with Gasteiger partial charge >= 0.3 is 11.9 Å². The van der Waals surface area contributed by atoms with Gasteiger partial charge in [0.05, 0.1) is 0 Å². The van der Waals surface area contributed by atoms with Crippen LogP contribution in [0.25, 0.3) is 0 Å². The number of likely N-dealkylation sites (tertiary alicyclic amines) is 2. The van der Waals surface area contributed by atoms with Crippen LogP contribution in [-0.2, 0) is 33.3 Å². The van der Waals surface area contributed by atoms with E-state index in [1.807, 2.05) is 12.1 Å². The van der Waals surface area contributed by atoms with Crippen LogP contribution in [0.2, 0.25) is 0 Å². The topological polar surface area (TPSA) is 59.1 Å². The molecule has 2 aromatic carbocycles. The third kappa shape index (κ3) is 6.22. The van der Waals surface area contributed by atoms with E-state index in [0.717, 1.165) is 24.7 Å². The molecule has 286 valence electrons. The lowest BCUT2D eigenvalue weighted by Crippen LogP contribution is -2.61. The van der Waals surface area contributed by atoms with Crippen LogP contribution < -0.4 is 9.47 Å². The van der Waals surface area contributed by atoms with E-state index in [9.17, 15) is 9.59 Å². The fraction of sp³-hybridized carbons (Fsp3) is 0.625. The second-order valence-electron chi connectivity index (χ2n) is 18.8. The van der Waals surface area contributed by atoms with Gasteiger partial charge in [0.25, 0.3) is 0 Å². The van der Waals surface area contributed by atoms with E-state index in [2.05, 4.69) is 34.1 Å². The molecule has 0 N–H and O–H groups in total. The quantitative estimate of drug-likeness (QED) is 0.111. The van der Waals surface area contributed by atoms with Crippen molar-refractivity contribution in [2.45, 2.75) is 138 Å². The number of benzene rings is 2. The molecule has 6 fully saturated rings. The largest absolute Gasteiger partial charge is 0.423 e. The molecule has 2 aliphatic heterocycles. The van der Waals surface area contributed by atoms with Gasteiger partial charge in [-0.1, -0.05) is 62.8 Å². The number of fused-ring (bicyclic) bond motifs is 2. The van der Waals surface area contributed by atoms with E-state index in [4.69, 9.17) is 9.47 Å². The van der Waals surface area contributed by atoms with Crippen molar-refractivity contribution in [3.63, 3.8) is 0 Å². The summed E-state index contributed by atoms with van der Waals surface area (Å²) in [5.74, 6) is 3.63. The van der Waals surface area contributed by atoms with Crippen LogP contribution in [0.4, 0.5) is 0 Å². The zero-order chi connectivity index (χ0) is 36.3. The first-order chi connectivity index (χ1) is 26.5. The molecule has 2 saturated heterocycles. The SMILES string of the molecule is O=C(/C=C/C=C/C(=O)Oc1ccc2c(c1)[C@@]13CCCC[C@H]1[C@H](C2)N(CC1CCC1)CC3)Oc1ccc2c(c1)[C@@]13CCCC[C@H]1[C@H](C2)N(CC1CCC1)CC3. The number of nitrogens with zero attached hydrogens (tertiary/aromatic N) is 2. The number of rotatable bonds is 9. The lowest BCUT2D eigenvalue weighted by Gasteiger charge is -2.59. The maximum Gasteiger partial charge on any atom is 0.336 e. The summed E-state index contributed by atoms with van der Waals surface area (Å²) in [5.41, 5.74) is 6.24. The molecular formula is C48H60N2O4. The molecule has 6 nitrogen and oxygen atoms in total. The molecule has 0 spiro atoms. The highest BCUT2D eigenvalue weighted by Gasteiger charge is 2.55. The number of allylic oxidation sites excluding steroid dienone is 2. The Morgan fingerprint density at radius 3 is 1.48 bits per heavy atom. The molecule has 6 aliphatic carbocycles. The smallest absolute Gasteiger partial charge is 0.336 e. The van der Waals surface area contributed by atoms with Crippen molar-refractivity contribution in [3.8, 4) is 11.5 Å². The molecule has 6 atom stereocenters. The summed E-state index contributed by atoms with van der Waals surface area (Å²) in [6.07, 6.45) is 29.5. The number of carbonyl (C=O) groups excluding carboxylic acids is 2. The number of ether oxygens (including phenoxy) is 2. The molecule has 4 saturated carbocycles. The van der Waals surface area contributed by atoms with Gasteiger partial charge in [0, 0.05) is 48.2 Å². The number of hydrogen-bond donors (Lipinski definition) is 0. The summed E-state index contributed by atoms with van der Waals surface area (Å²) in [6, 6.07) is 14.1. The molecule has 0 aromatic heterocycles. The van der Waals surface area contributed by atoms with Crippen LogP contribution in [0.5, 0.6) is 11.5 Å². The lowest BCUT2D eigenvalue weighted by atomic mass is 9.52. The van der Waals surface area contributed by atoms with Gasteiger partial charge in [0.2, 0.25) is 0 Å². The Kier molecular flexibility index (Phi) is 9.37. The predicted octanol–water partition coefficient (Wildman–Crippen LogP) is 9.03. The molecule has 6 heteroatoms. The fourth-order valence-corrected chi connectivity index (χ4v) is 13.3. The lowest BCUT2D eigenvalue weighted by molar-refractivity contribution is -0.130. The van der Waals surface area contributed by atoms with Crippen LogP contribution in [0, 0.1) is 23.7 Å². The van der Waals surface area contributed by atoms with E-state index >= 15 is 0 Å². The predicted molar refractivity (Wildman–Crippen MR) is 212 cm³/mol. The molecule has 10 rings (SSSR count). The second kappa shape index (κ2) is 14.4. The van der Waals surface area contributed by atoms with Gasteiger partial charge in [-0.2, -0.15) is 0 Å². The van der Waals surface area contributed by atoms with E-state index in [1.54, 1.807) is 12.2 Å². The molecule has 0 amide bonds. The van der Waals surface area contributed by atoms with Gasteiger partial charge in [0.1, 0.15) is 11.5 Å². The summed E-state index contributed by atoms with van der Waals surface area (Å²) in [5, 5.41) is 0. The maximum atomic E-state index is 13.0. The van der Waals surface area contributed by atoms with E-state index in [-0.39, 0.29) is 10.8 Å². The first-order valence-corrected chi connectivity index (χ1v) is 22.0. The van der Waals surface area contributed by atoms with Crippen molar-refractivity contribution in [2.75, 3.05) is 26.2 Å². The molecule has 2 aromatic rings. The Hall–Kier alpha value is -3.22. The monoisotopic (exact) mass is 728 g/mol. The summed E-state index contributed by atoms with van der Waals surface area (Å²) < 4.78 is 11.7. The number of esters is 2. The van der Waals surface area contributed by atoms with Crippen molar-refractivity contribution >= 4 is 11.9 Å². The van der Waals surface area contributed by atoms with Crippen LogP contribution >= 0.6 is 0 Å². The van der Waals surface area contributed by atoms with Crippen molar-refractivity contribution in [1.82, 2.24) is 9.80 Å². The summed E-state index contributed by atoms with van der Waals surface area (Å²) in [7, 11) is 0. The first-order valence-electron chi connectivity index (χ1n) is 22.0. The van der Waals surface area contributed by atoms with Gasteiger partial charge in [-0.15, -0.1) is 0 Å². The highest BCUT2D eigenvalue weighted by atomic mass is 16.5. The Balaban J connectivity index is 0.775. The van der Waals surface area contributed by atoms with Crippen molar-refractivity contribution in [2.24, 2.45) is 23.7 Å². The Bertz CT molecular complexity index is 1690. The van der Waals surface area contributed by atoms with Crippen molar-refractivity contribution in [3.05, 3.63) is 83.0 Å². The molecular weight excluding hydrogens is 669 g/mol. The minimum atomic E-state index is -0.428. The van der Waals surface area contributed by atoms with Crippen molar-refractivity contribution < 1.29 is 19.1 Å². The summed E-state index contributed by atoms with van der Waals surface area (Å²) >= 11 is 0. The summed E-state index contributed by atoms with van der Waals surface area (Å²) in [4.78, 5) is 31.6. The Morgan fingerprint density at radius 2 is 1.06 bits per heavy atom. The highest BCUT2D eigenvalue weighted by Crippen LogP contribution is 2.58. The van der Waals surface area contributed by atoms with E-state index in [1.165, 1.54) is 163 Å². The summed E-state index contributed by atoms with van der Waals surface area (Å²) in [6.45, 7) is 4.98. The maximum absolute atomic E-state index is 13.0. The van der Waals surface area contributed by atoms with Crippen LogP contribution in [0.1, 0.15) is 125 Å². The molecule has 4 bridgehead atoms. The van der Waals surface area contributed by atoms with Gasteiger partial charge in [0.15, 0.2) is 0 Å². The first kappa shape index (κ1) is 35.2. The molecule has 2 heterocycles. The van der Waals surface area contributed by atoms with Crippen LogP contribution in [0.15, 0.2) is 60.7 Å². The third-order valence-corrected chi connectivity index (χ3v) is 16.3. The van der Waals surface area contributed by atoms with Gasteiger partial charge in [-0.3, -0.25) is 9.80 Å². The Labute approximate surface area is 322 Å². The third-order valence-electron chi connectivity index (χ3n) is 16.3. The highest BCUT2D eigenvalue weighted by molar-refractivity contribution is 5.86. The minimum Gasteiger partial charge on any atom is -0.423 e. The zero-order valence-electron chi connectivity index (χ0n) is 32.3. The zero-order valence-corrected chi connectivity index (χ0v) is 32.3. The number of carbonyl (C=O) groups is 2. The average molecular weight is 729 g/mol. The molecule has 54 heavy (non-hydrogen) atoms. The molecule has 0 radical (unpaired) electrons. The van der Waals surface area contributed by atoms with Gasteiger partial charge < -0.3 is 9.47 Å². The number of hydrogen-bond acceptors (Lipinski definition) is 6. The normalized spacial score (nSPS) is 33.6. The van der Waals surface area contributed by atoms with Crippen molar-refractivity contribution in [1.29, 1.82) is 0 Å². The Morgan fingerprint density at radius 1 is 0.593 bits per heavy atom. The molecule has 8 aliphatic rings. The second-order valence-corrected chi connectivity index (χ2v) is 18.8. The van der Waals surface area contributed by atoms with Crippen LogP contribution in [-0.4, -0.2) is 60.0 Å². The average Bonchev–Trinajstić information content (AvgIpc) is 3.15. The van der Waals surface area contributed by atoms with Gasteiger partial charge in [-0.05, 0) is 160 Å². The fourth-order valence-electron chi connectivity index (χ4n) is 13.3. The van der Waals surface area contributed by atoms with E-state index < -0.39 is 11.9 Å². The standard InChI is InChI=1S/C48H60N2O4/c51-45(53-37-19-17-35-27-43-39-13-3-5-21-47(39,41(35)29-37)23-25-49(43)31-33-9-7-10-33)15-1-2-16-46(52)54-38-20-18-36-28-44-40-14-4-6-22-48(40,42(36)30-38)24-26-50(44)32-34-11-8-12-34/h1-2,15-20,29-30,33-34,39-40,43-44H,3-14,21-28,31-32H2/b15-1+,16-2+/t39-,40-,43-,44-,47+,48+/m0/s1.